The van der Waals surface area contributed by atoms with Gasteiger partial charge in [0.05, 0.1) is 23.6 Å². The summed E-state index contributed by atoms with van der Waals surface area (Å²) in [5.41, 5.74) is 1.09. The maximum absolute atomic E-state index is 12.3. The van der Waals surface area contributed by atoms with Crippen LogP contribution >= 0.6 is 11.6 Å². The van der Waals surface area contributed by atoms with Gasteiger partial charge >= 0.3 is 5.97 Å². The number of halogens is 1. The number of carbonyl (C=O) groups is 2. The quantitative estimate of drug-likeness (QED) is 0.740. The van der Waals surface area contributed by atoms with Crippen LogP contribution in [0.4, 0.5) is 0 Å². The van der Waals surface area contributed by atoms with Gasteiger partial charge in [-0.1, -0.05) is 17.7 Å². The molecule has 27 heavy (non-hydrogen) atoms. The fourth-order valence-electron chi connectivity index (χ4n) is 2.95. The number of nitrogens with zero attached hydrogens (tertiary/aromatic N) is 4. The number of benzene rings is 1. The average Bonchev–Trinajstić information content (AvgIpc) is 3.00. The van der Waals surface area contributed by atoms with Gasteiger partial charge in [-0.2, -0.15) is 9.90 Å². The zero-order valence-electron chi connectivity index (χ0n) is 15.4. The van der Waals surface area contributed by atoms with E-state index in [1.54, 1.807) is 36.1 Å². The molecule has 0 unspecified atom stereocenters. The van der Waals surface area contributed by atoms with E-state index < -0.39 is 5.97 Å². The summed E-state index contributed by atoms with van der Waals surface area (Å²) in [4.78, 5) is 27.6. The fourth-order valence-corrected chi connectivity index (χ4v) is 3.14. The van der Waals surface area contributed by atoms with Crippen LogP contribution in [-0.4, -0.2) is 63.7 Å². The third kappa shape index (κ3) is 4.64. The standard InChI is InChI=1S/C18H21ClN4O4/c1-11-8-22(9-12(2)27-11)16(24)10-26-18(25)17-13(3)20-23(21-17)15-6-4-5-14(19)7-15/h4-7,11-12H,8-10H2,1-3H3/t11-,12+. The van der Waals surface area contributed by atoms with Gasteiger partial charge in [0.2, 0.25) is 0 Å². The Labute approximate surface area is 162 Å². The van der Waals surface area contributed by atoms with Crippen LogP contribution in [-0.2, 0) is 14.3 Å². The minimum absolute atomic E-state index is 0.0479. The monoisotopic (exact) mass is 392 g/mol. The molecule has 0 N–H and O–H groups in total. The Kier molecular flexibility index (Phi) is 5.76. The molecule has 1 fully saturated rings. The number of aromatic nitrogens is 3. The lowest BCUT2D eigenvalue weighted by atomic mass is 10.2. The minimum Gasteiger partial charge on any atom is -0.451 e. The molecule has 0 spiro atoms. The third-order valence-electron chi connectivity index (χ3n) is 4.11. The topological polar surface area (TPSA) is 86.6 Å². The third-order valence-corrected chi connectivity index (χ3v) is 4.35. The van der Waals surface area contributed by atoms with Crippen LogP contribution in [0.2, 0.25) is 5.02 Å². The lowest BCUT2D eigenvalue weighted by Gasteiger charge is -2.35. The normalized spacial score (nSPS) is 19.8. The van der Waals surface area contributed by atoms with Crippen LogP contribution in [0.15, 0.2) is 24.3 Å². The van der Waals surface area contributed by atoms with Crippen molar-refractivity contribution < 1.29 is 19.1 Å². The van der Waals surface area contributed by atoms with Crippen molar-refractivity contribution in [3.63, 3.8) is 0 Å². The summed E-state index contributed by atoms with van der Waals surface area (Å²) in [5, 5.41) is 8.91. The second-order valence-electron chi connectivity index (χ2n) is 6.54. The van der Waals surface area contributed by atoms with Crippen molar-refractivity contribution in [2.24, 2.45) is 0 Å². The maximum Gasteiger partial charge on any atom is 0.361 e. The molecule has 144 valence electrons. The van der Waals surface area contributed by atoms with E-state index in [0.717, 1.165) is 0 Å². The smallest absolute Gasteiger partial charge is 0.361 e. The van der Waals surface area contributed by atoms with E-state index in [1.165, 1.54) is 4.80 Å². The lowest BCUT2D eigenvalue weighted by Crippen LogP contribution is -2.49. The highest BCUT2D eigenvalue weighted by Gasteiger charge is 2.27. The number of aryl methyl sites for hydroxylation is 1. The number of ether oxygens (including phenoxy) is 2. The van der Waals surface area contributed by atoms with Crippen LogP contribution in [0.5, 0.6) is 0 Å². The zero-order chi connectivity index (χ0) is 19.6. The van der Waals surface area contributed by atoms with E-state index in [2.05, 4.69) is 10.2 Å². The minimum atomic E-state index is -0.691. The van der Waals surface area contributed by atoms with Gasteiger partial charge in [-0.15, -0.1) is 5.10 Å². The predicted molar refractivity (Wildman–Crippen MR) is 98.0 cm³/mol. The molecule has 0 saturated carbocycles. The van der Waals surface area contributed by atoms with E-state index in [4.69, 9.17) is 21.1 Å². The van der Waals surface area contributed by atoms with E-state index >= 15 is 0 Å². The Morgan fingerprint density at radius 1 is 1.26 bits per heavy atom. The molecule has 1 aromatic carbocycles. The number of hydrogen-bond donors (Lipinski definition) is 0. The molecule has 0 aliphatic carbocycles. The largest absolute Gasteiger partial charge is 0.451 e. The zero-order valence-corrected chi connectivity index (χ0v) is 16.1. The highest BCUT2D eigenvalue weighted by molar-refractivity contribution is 6.30. The Morgan fingerprint density at radius 2 is 1.96 bits per heavy atom. The SMILES string of the molecule is Cc1nn(-c2cccc(Cl)c2)nc1C(=O)OCC(=O)N1C[C@@H](C)O[C@@H](C)C1. The van der Waals surface area contributed by atoms with Crippen molar-refractivity contribution in [1.82, 2.24) is 19.9 Å². The second-order valence-corrected chi connectivity index (χ2v) is 6.97. The molecule has 8 nitrogen and oxygen atoms in total. The molecule has 2 aromatic rings. The first-order valence-electron chi connectivity index (χ1n) is 8.63. The second kappa shape index (κ2) is 8.06. The first kappa shape index (κ1) is 19.3. The molecule has 1 aromatic heterocycles. The van der Waals surface area contributed by atoms with Gasteiger partial charge in [-0.25, -0.2) is 4.79 Å². The highest BCUT2D eigenvalue weighted by Crippen LogP contribution is 2.15. The van der Waals surface area contributed by atoms with Crippen LogP contribution in [0, 0.1) is 6.92 Å². The van der Waals surface area contributed by atoms with Gasteiger partial charge in [0.25, 0.3) is 5.91 Å². The lowest BCUT2D eigenvalue weighted by molar-refractivity contribution is -0.146. The van der Waals surface area contributed by atoms with Crippen LogP contribution < -0.4 is 0 Å². The van der Waals surface area contributed by atoms with E-state index in [0.29, 0.717) is 29.5 Å². The summed E-state index contributed by atoms with van der Waals surface area (Å²) in [7, 11) is 0. The first-order valence-corrected chi connectivity index (χ1v) is 9.01. The Morgan fingerprint density at radius 3 is 2.63 bits per heavy atom. The molecule has 1 saturated heterocycles. The predicted octanol–water partition coefficient (Wildman–Crippen LogP) is 2.02. The number of esters is 1. The van der Waals surface area contributed by atoms with Crippen molar-refractivity contribution >= 4 is 23.5 Å². The van der Waals surface area contributed by atoms with E-state index in [-0.39, 0.29) is 30.4 Å². The Bertz CT molecular complexity index is 844. The summed E-state index contributed by atoms with van der Waals surface area (Å²) < 4.78 is 10.8. The van der Waals surface area contributed by atoms with Gasteiger partial charge < -0.3 is 14.4 Å². The van der Waals surface area contributed by atoms with Crippen LogP contribution in [0.3, 0.4) is 0 Å². The number of hydrogen-bond acceptors (Lipinski definition) is 6. The summed E-state index contributed by atoms with van der Waals surface area (Å²) in [6, 6.07) is 6.94. The highest BCUT2D eigenvalue weighted by atomic mass is 35.5. The van der Waals surface area contributed by atoms with Crippen molar-refractivity contribution in [3.8, 4) is 5.69 Å². The number of carbonyl (C=O) groups excluding carboxylic acids is 2. The number of amides is 1. The molecular weight excluding hydrogens is 372 g/mol. The van der Waals surface area contributed by atoms with Crippen molar-refractivity contribution in [1.29, 1.82) is 0 Å². The van der Waals surface area contributed by atoms with Crippen LogP contribution in [0.25, 0.3) is 5.69 Å². The number of rotatable bonds is 4. The molecule has 1 amide bonds. The van der Waals surface area contributed by atoms with E-state index in [1.807, 2.05) is 13.8 Å². The van der Waals surface area contributed by atoms with Gasteiger partial charge in [0.1, 0.15) is 0 Å². The molecule has 0 radical (unpaired) electrons. The van der Waals surface area contributed by atoms with Gasteiger partial charge in [0, 0.05) is 18.1 Å². The van der Waals surface area contributed by atoms with Crippen molar-refractivity contribution in [2.45, 2.75) is 33.0 Å². The van der Waals surface area contributed by atoms with Gasteiger partial charge in [-0.05, 0) is 39.0 Å². The molecule has 2 atom stereocenters. The van der Waals surface area contributed by atoms with Crippen molar-refractivity contribution in [2.75, 3.05) is 19.7 Å². The van der Waals surface area contributed by atoms with E-state index in [9.17, 15) is 9.59 Å². The summed E-state index contributed by atoms with van der Waals surface area (Å²) >= 11 is 5.97. The molecule has 9 heteroatoms. The molecule has 1 aliphatic heterocycles. The molecule has 2 heterocycles. The number of morpholine rings is 1. The van der Waals surface area contributed by atoms with Crippen LogP contribution in [0.1, 0.15) is 30.0 Å². The molecule has 1 aliphatic rings. The fraction of sp³-hybridized carbons (Fsp3) is 0.444. The summed E-state index contributed by atoms with van der Waals surface area (Å²) in [5.74, 6) is -0.950. The maximum atomic E-state index is 12.3. The summed E-state index contributed by atoms with van der Waals surface area (Å²) in [6.07, 6.45) is -0.0958. The first-order chi connectivity index (χ1) is 12.8. The van der Waals surface area contributed by atoms with Crippen molar-refractivity contribution in [3.05, 3.63) is 40.7 Å². The van der Waals surface area contributed by atoms with Gasteiger partial charge in [0.15, 0.2) is 12.3 Å². The Balaban J connectivity index is 1.64. The molecular formula is C18H21ClN4O4. The molecule has 3 rings (SSSR count). The average molecular weight is 393 g/mol. The van der Waals surface area contributed by atoms with Gasteiger partial charge in [-0.3, -0.25) is 4.79 Å². The molecule has 0 bridgehead atoms. The Hall–Kier alpha value is -2.45. The summed E-state index contributed by atoms with van der Waals surface area (Å²) in [6.45, 7) is 6.06.